The van der Waals surface area contributed by atoms with E-state index in [1.165, 1.54) is 6.42 Å². The van der Waals surface area contributed by atoms with Crippen LogP contribution in [0.2, 0.25) is 0 Å². The minimum Gasteiger partial charge on any atom is -0.468 e. The van der Waals surface area contributed by atoms with Crippen LogP contribution in [0, 0.1) is 0 Å². The Morgan fingerprint density at radius 2 is 2.50 bits per heavy atom. The summed E-state index contributed by atoms with van der Waals surface area (Å²) in [7, 11) is 2.17. The lowest BCUT2D eigenvalue weighted by Gasteiger charge is -2.28. The van der Waals surface area contributed by atoms with Gasteiger partial charge in [0.15, 0.2) is 0 Å². The lowest BCUT2D eigenvalue weighted by atomic mass is 10.1. The first kappa shape index (κ1) is 9.74. The zero-order chi connectivity index (χ0) is 9.97. The average Bonchev–Trinajstić information content (AvgIpc) is 2.87. The average molecular weight is 194 g/mol. The van der Waals surface area contributed by atoms with Crippen molar-refractivity contribution < 1.29 is 4.42 Å². The number of nitrogens with zero attached hydrogens (tertiary/aromatic N) is 1. The summed E-state index contributed by atoms with van der Waals surface area (Å²) in [5.41, 5.74) is 0. The van der Waals surface area contributed by atoms with E-state index < -0.39 is 0 Å². The Morgan fingerprint density at radius 3 is 3.07 bits per heavy atom. The smallest absolute Gasteiger partial charge is 0.120 e. The molecule has 0 bridgehead atoms. The van der Waals surface area contributed by atoms with Gasteiger partial charge in [0.2, 0.25) is 0 Å². The van der Waals surface area contributed by atoms with Gasteiger partial charge in [-0.2, -0.15) is 0 Å². The van der Waals surface area contributed by atoms with E-state index in [0.29, 0.717) is 12.1 Å². The lowest BCUT2D eigenvalue weighted by molar-refractivity contribution is 0.176. The van der Waals surface area contributed by atoms with Gasteiger partial charge in [0.25, 0.3) is 0 Å². The highest BCUT2D eigenvalue weighted by molar-refractivity contribution is 5.04. The third-order valence-corrected chi connectivity index (χ3v) is 3.18. The molecule has 78 valence electrons. The Balaban J connectivity index is 2.00. The molecule has 0 saturated carbocycles. The molecule has 1 fully saturated rings. The maximum absolute atomic E-state index is 5.41. The van der Waals surface area contributed by atoms with Crippen LogP contribution >= 0.6 is 0 Å². The summed E-state index contributed by atoms with van der Waals surface area (Å²) in [4.78, 5) is 2.39. The Labute approximate surface area is 85.1 Å². The molecule has 1 aromatic heterocycles. The third-order valence-electron chi connectivity index (χ3n) is 3.18. The number of furan rings is 1. The lowest BCUT2D eigenvalue weighted by Crippen LogP contribution is -2.35. The van der Waals surface area contributed by atoms with Gasteiger partial charge in [-0.3, -0.25) is 4.90 Å². The zero-order valence-corrected chi connectivity index (χ0v) is 8.86. The van der Waals surface area contributed by atoms with Gasteiger partial charge in [-0.05, 0) is 39.1 Å². The van der Waals surface area contributed by atoms with E-state index in [1.807, 2.05) is 12.1 Å². The first-order chi connectivity index (χ1) is 6.79. The SMILES string of the molecule is C[C@@H](c1ccco1)N(C)[C@@H]1CCNC1. The molecule has 0 unspecified atom stereocenters. The molecule has 1 aromatic rings. The van der Waals surface area contributed by atoms with Crippen LogP contribution in [0.4, 0.5) is 0 Å². The highest BCUT2D eigenvalue weighted by Crippen LogP contribution is 2.22. The Kier molecular flexibility index (Phi) is 2.89. The molecule has 1 saturated heterocycles. The van der Waals surface area contributed by atoms with Crippen molar-refractivity contribution in [3.05, 3.63) is 24.2 Å². The fourth-order valence-corrected chi connectivity index (χ4v) is 2.03. The van der Waals surface area contributed by atoms with E-state index in [2.05, 4.69) is 24.2 Å². The molecule has 3 nitrogen and oxygen atoms in total. The van der Waals surface area contributed by atoms with Gasteiger partial charge in [0.1, 0.15) is 5.76 Å². The number of nitrogens with one attached hydrogen (secondary N) is 1. The Hall–Kier alpha value is -0.800. The molecule has 0 spiro atoms. The predicted molar refractivity (Wildman–Crippen MR) is 56.2 cm³/mol. The van der Waals surface area contributed by atoms with Crippen LogP contribution < -0.4 is 5.32 Å². The molecule has 0 amide bonds. The summed E-state index contributed by atoms with van der Waals surface area (Å²) < 4.78 is 5.41. The second-order valence-corrected chi connectivity index (χ2v) is 4.00. The van der Waals surface area contributed by atoms with Gasteiger partial charge >= 0.3 is 0 Å². The molecule has 2 atom stereocenters. The summed E-state index contributed by atoms with van der Waals surface area (Å²) in [5, 5.41) is 3.38. The van der Waals surface area contributed by atoms with Crippen molar-refractivity contribution >= 4 is 0 Å². The quantitative estimate of drug-likeness (QED) is 0.793. The van der Waals surface area contributed by atoms with Gasteiger partial charge in [0, 0.05) is 12.6 Å². The minimum absolute atomic E-state index is 0.370. The maximum atomic E-state index is 5.41. The first-order valence-electron chi connectivity index (χ1n) is 5.25. The molecule has 0 aliphatic carbocycles. The van der Waals surface area contributed by atoms with E-state index in [9.17, 15) is 0 Å². The van der Waals surface area contributed by atoms with E-state index in [4.69, 9.17) is 4.42 Å². The van der Waals surface area contributed by atoms with E-state index >= 15 is 0 Å². The molecule has 1 aliphatic rings. The Bertz CT molecular complexity index is 265. The normalized spacial score (nSPS) is 24.4. The number of likely N-dealkylation sites (N-methyl/N-ethyl adjacent to an activating group) is 1. The molecule has 14 heavy (non-hydrogen) atoms. The van der Waals surface area contributed by atoms with Crippen molar-refractivity contribution in [2.45, 2.75) is 25.4 Å². The zero-order valence-electron chi connectivity index (χ0n) is 8.86. The monoisotopic (exact) mass is 194 g/mol. The molecule has 1 N–H and O–H groups in total. The topological polar surface area (TPSA) is 28.4 Å². The molecule has 1 aliphatic heterocycles. The second kappa shape index (κ2) is 4.15. The van der Waals surface area contributed by atoms with Crippen LogP contribution in [0.3, 0.4) is 0 Å². The molecular weight excluding hydrogens is 176 g/mol. The van der Waals surface area contributed by atoms with Gasteiger partial charge in [-0.1, -0.05) is 0 Å². The molecule has 3 heteroatoms. The Morgan fingerprint density at radius 1 is 1.64 bits per heavy atom. The van der Waals surface area contributed by atoms with Crippen LogP contribution in [-0.4, -0.2) is 31.1 Å². The highest BCUT2D eigenvalue weighted by atomic mass is 16.3. The van der Waals surface area contributed by atoms with Gasteiger partial charge in [0.05, 0.1) is 12.3 Å². The van der Waals surface area contributed by atoms with Crippen molar-refractivity contribution in [3.8, 4) is 0 Å². The van der Waals surface area contributed by atoms with Crippen LogP contribution in [0.1, 0.15) is 25.1 Å². The summed E-state index contributed by atoms with van der Waals surface area (Å²) in [6.07, 6.45) is 2.98. The van der Waals surface area contributed by atoms with Crippen molar-refractivity contribution in [1.82, 2.24) is 10.2 Å². The molecule has 0 aromatic carbocycles. The standard InChI is InChI=1S/C11H18N2O/c1-9(11-4-3-7-14-11)13(2)10-5-6-12-8-10/h3-4,7,9-10,12H,5-6,8H2,1-2H3/t9-,10+/m0/s1. The van der Waals surface area contributed by atoms with Gasteiger partial charge in [-0.15, -0.1) is 0 Å². The predicted octanol–water partition coefficient (Wildman–Crippen LogP) is 1.63. The summed E-state index contributed by atoms with van der Waals surface area (Å²) in [5.74, 6) is 1.06. The fraction of sp³-hybridized carbons (Fsp3) is 0.636. The first-order valence-corrected chi connectivity index (χ1v) is 5.25. The second-order valence-electron chi connectivity index (χ2n) is 4.00. The van der Waals surface area contributed by atoms with Crippen molar-refractivity contribution in [2.24, 2.45) is 0 Å². The van der Waals surface area contributed by atoms with Crippen molar-refractivity contribution in [3.63, 3.8) is 0 Å². The van der Waals surface area contributed by atoms with Crippen LogP contribution in [0.25, 0.3) is 0 Å². The van der Waals surface area contributed by atoms with E-state index in [1.54, 1.807) is 6.26 Å². The van der Waals surface area contributed by atoms with Crippen LogP contribution in [0.15, 0.2) is 22.8 Å². The van der Waals surface area contributed by atoms with Gasteiger partial charge in [-0.25, -0.2) is 0 Å². The molecule has 0 radical (unpaired) electrons. The summed E-state index contributed by atoms with van der Waals surface area (Å²) >= 11 is 0. The molecule has 2 heterocycles. The third kappa shape index (κ3) is 1.83. The molecule has 2 rings (SSSR count). The van der Waals surface area contributed by atoms with Gasteiger partial charge < -0.3 is 9.73 Å². The van der Waals surface area contributed by atoms with Crippen molar-refractivity contribution in [2.75, 3.05) is 20.1 Å². The number of hydrogen-bond acceptors (Lipinski definition) is 3. The maximum Gasteiger partial charge on any atom is 0.120 e. The number of rotatable bonds is 3. The minimum atomic E-state index is 0.370. The number of hydrogen-bond donors (Lipinski definition) is 1. The summed E-state index contributed by atoms with van der Waals surface area (Å²) in [6.45, 7) is 4.43. The van der Waals surface area contributed by atoms with E-state index in [0.717, 1.165) is 18.8 Å². The highest BCUT2D eigenvalue weighted by Gasteiger charge is 2.24. The van der Waals surface area contributed by atoms with Crippen LogP contribution in [-0.2, 0) is 0 Å². The summed E-state index contributed by atoms with van der Waals surface area (Å²) in [6, 6.07) is 5.01. The van der Waals surface area contributed by atoms with E-state index in [-0.39, 0.29) is 0 Å². The fourth-order valence-electron chi connectivity index (χ4n) is 2.03. The molecular formula is C11H18N2O. The van der Waals surface area contributed by atoms with Crippen LogP contribution in [0.5, 0.6) is 0 Å². The largest absolute Gasteiger partial charge is 0.468 e. The van der Waals surface area contributed by atoms with Crippen molar-refractivity contribution in [1.29, 1.82) is 0 Å².